The molecule has 0 heterocycles. The van der Waals surface area contributed by atoms with Crippen LogP contribution in [0.3, 0.4) is 0 Å². The Morgan fingerprint density at radius 2 is 1.82 bits per heavy atom. The smallest absolute Gasteiger partial charge is 0.0642 e. The van der Waals surface area contributed by atoms with Crippen LogP contribution in [0.5, 0.6) is 0 Å². The van der Waals surface area contributed by atoms with Gasteiger partial charge in [0.05, 0.1) is 10.7 Å². The third-order valence-corrected chi connectivity index (χ3v) is 3.29. The van der Waals surface area contributed by atoms with E-state index in [1.54, 1.807) is 0 Å². The Morgan fingerprint density at radius 3 is 2.35 bits per heavy atom. The lowest BCUT2D eigenvalue weighted by Crippen LogP contribution is -2.23. The molecule has 0 saturated heterocycles. The molecule has 0 saturated carbocycles. The van der Waals surface area contributed by atoms with Crippen LogP contribution in [0, 0.1) is 0 Å². The first kappa shape index (κ1) is 14.6. The van der Waals surface area contributed by atoms with Crippen LogP contribution in [-0.2, 0) is 5.88 Å². The summed E-state index contributed by atoms with van der Waals surface area (Å²) >= 11 is 12.0. The molecule has 0 aliphatic carbocycles. The number of nitrogens with zero attached hydrogens (tertiary/aromatic N) is 2. The molecule has 17 heavy (non-hydrogen) atoms. The van der Waals surface area contributed by atoms with Gasteiger partial charge in [0.15, 0.2) is 0 Å². The minimum absolute atomic E-state index is 0.504. The molecule has 0 atom stereocenters. The highest BCUT2D eigenvalue weighted by Crippen LogP contribution is 2.26. The Morgan fingerprint density at radius 1 is 1.12 bits per heavy atom. The summed E-state index contributed by atoms with van der Waals surface area (Å²) in [5, 5.41) is 0.774. The zero-order chi connectivity index (χ0) is 12.8. The van der Waals surface area contributed by atoms with Gasteiger partial charge in [-0.3, -0.25) is 0 Å². The fraction of sp³-hybridized carbons (Fsp3) is 0.538. The van der Waals surface area contributed by atoms with Crippen LogP contribution < -0.4 is 4.90 Å². The lowest BCUT2D eigenvalue weighted by Gasteiger charge is -2.22. The summed E-state index contributed by atoms with van der Waals surface area (Å²) in [4.78, 5) is 4.37. The topological polar surface area (TPSA) is 6.48 Å². The molecule has 96 valence electrons. The van der Waals surface area contributed by atoms with E-state index in [2.05, 4.69) is 30.9 Å². The quantitative estimate of drug-likeness (QED) is 0.733. The van der Waals surface area contributed by atoms with Gasteiger partial charge in [0.2, 0.25) is 0 Å². The van der Waals surface area contributed by atoms with Crippen molar-refractivity contribution >= 4 is 28.9 Å². The minimum atomic E-state index is 0.504. The first-order valence-electron chi connectivity index (χ1n) is 5.75. The summed E-state index contributed by atoms with van der Waals surface area (Å²) < 4.78 is 0. The summed E-state index contributed by atoms with van der Waals surface area (Å²) in [6.45, 7) is 2.08. The van der Waals surface area contributed by atoms with Crippen molar-refractivity contribution in [3.8, 4) is 0 Å². The Hall–Kier alpha value is -0.440. The molecule has 0 spiro atoms. The highest BCUT2D eigenvalue weighted by molar-refractivity contribution is 6.33. The van der Waals surface area contributed by atoms with E-state index in [9.17, 15) is 0 Å². The van der Waals surface area contributed by atoms with Crippen LogP contribution in [0.1, 0.15) is 12.0 Å². The lowest BCUT2D eigenvalue weighted by atomic mass is 10.2. The van der Waals surface area contributed by atoms with Crippen LogP contribution in [0.25, 0.3) is 0 Å². The van der Waals surface area contributed by atoms with E-state index in [1.165, 1.54) is 0 Å². The van der Waals surface area contributed by atoms with E-state index in [0.717, 1.165) is 35.8 Å². The molecule has 0 amide bonds. The summed E-state index contributed by atoms with van der Waals surface area (Å²) in [5.74, 6) is 0.504. The van der Waals surface area contributed by atoms with Gasteiger partial charge < -0.3 is 9.80 Å². The SMILES string of the molecule is CN(C)CCCN(C)c1ccc(CCl)cc1Cl. The maximum atomic E-state index is 6.23. The van der Waals surface area contributed by atoms with Crippen LogP contribution in [0.15, 0.2) is 18.2 Å². The fourth-order valence-electron chi connectivity index (χ4n) is 1.69. The number of alkyl halides is 1. The number of halogens is 2. The molecular weight excluding hydrogens is 255 g/mol. The maximum Gasteiger partial charge on any atom is 0.0642 e. The van der Waals surface area contributed by atoms with Crippen molar-refractivity contribution < 1.29 is 0 Å². The van der Waals surface area contributed by atoms with Gasteiger partial charge in [-0.15, -0.1) is 11.6 Å². The van der Waals surface area contributed by atoms with Crippen molar-refractivity contribution in [2.24, 2.45) is 0 Å². The van der Waals surface area contributed by atoms with E-state index in [-0.39, 0.29) is 0 Å². The van der Waals surface area contributed by atoms with Crippen molar-refractivity contribution in [2.75, 3.05) is 39.1 Å². The molecule has 0 aromatic heterocycles. The Bertz CT molecular complexity index is 353. The van der Waals surface area contributed by atoms with E-state index in [1.807, 2.05) is 18.2 Å². The van der Waals surface area contributed by atoms with E-state index in [4.69, 9.17) is 23.2 Å². The molecule has 0 aliphatic rings. The number of hydrogen-bond donors (Lipinski definition) is 0. The average molecular weight is 275 g/mol. The van der Waals surface area contributed by atoms with Crippen molar-refractivity contribution in [1.29, 1.82) is 0 Å². The number of rotatable bonds is 6. The lowest BCUT2D eigenvalue weighted by molar-refractivity contribution is 0.401. The molecule has 1 aromatic rings. The predicted octanol–water partition coefficient (Wildman–Crippen LogP) is 3.47. The molecule has 0 bridgehead atoms. The first-order valence-corrected chi connectivity index (χ1v) is 6.66. The average Bonchev–Trinajstić information content (AvgIpc) is 2.28. The maximum absolute atomic E-state index is 6.23. The number of hydrogen-bond acceptors (Lipinski definition) is 2. The number of anilines is 1. The second-order valence-electron chi connectivity index (χ2n) is 4.50. The summed E-state index contributed by atoms with van der Waals surface area (Å²) in [5.41, 5.74) is 2.13. The Labute approximate surface area is 114 Å². The summed E-state index contributed by atoms with van der Waals surface area (Å²) in [6, 6.07) is 6.00. The van der Waals surface area contributed by atoms with Crippen LogP contribution >= 0.6 is 23.2 Å². The predicted molar refractivity (Wildman–Crippen MR) is 77.5 cm³/mol. The van der Waals surface area contributed by atoms with Crippen LogP contribution in [0.2, 0.25) is 5.02 Å². The highest BCUT2D eigenvalue weighted by atomic mass is 35.5. The Balaban J connectivity index is 2.59. The van der Waals surface area contributed by atoms with Crippen molar-refractivity contribution in [1.82, 2.24) is 4.90 Å². The second kappa shape index (κ2) is 7.10. The molecule has 0 radical (unpaired) electrons. The summed E-state index contributed by atoms with van der Waals surface area (Å²) in [7, 11) is 6.24. The molecule has 1 aromatic carbocycles. The zero-order valence-electron chi connectivity index (χ0n) is 10.7. The number of benzene rings is 1. The molecule has 0 fully saturated rings. The van der Waals surface area contributed by atoms with Gasteiger partial charge in [0.1, 0.15) is 0 Å². The molecule has 4 heteroatoms. The van der Waals surface area contributed by atoms with Crippen molar-refractivity contribution in [2.45, 2.75) is 12.3 Å². The van der Waals surface area contributed by atoms with Crippen molar-refractivity contribution in [3.63, 3.8) is 0 Å². The van der Waals surface area contributed by atoms with Gasteiger partial charge in [0.25, 0.3) is 0 Å². The standard InChI is InChI=1S/C13H20Cl2N2/c1-16(2)7-4-8-17(3)13-6-5-11(10-14)9-12(13)15/h5-6,9H,4,7-8,10H2,1-3H3. The van der Waals surface area contributed by atoms with Gasteiger partial charge in [-0.05, 0) is 44.8 Å². The van der Waals surface area contributed by atoms with Gasteiger partial charge in [-0.1, -0.05) is 17.7 Å². The first-order chi connectivity index (χ1) is 8.04. The highest BCUT2D eigenvalue weighted by Gasteiger charge is 2.06. The van der Waals surface area contributed by atoms with Gasteiger partial charge in [0, 0.05) is 19.5 Å². The third kappa shape index (κ3) is 4.74. The molecular formula is C13H20Cl2N2. The molecule has 0 aliphatic heterocycles. The van der Waals surface area contributed by atoms with Crippen molar-refractivity contribution in [3.05, 3.63) is 28.8 Å². The van der Waals surface area contributed by atoms with E-state index in [0.29, 0.717) is 5.88 Å². The fourth-order valence-corrected chi connectivity index (χ4v) is 2.20. The minimum Gasteiger partial charge on any atom is -0.373 e. The summed E-state index contributed by atoms with van der Waals surface area (Å²) in [6.07, 6.45) is 1.12. The molecule has 0 unspecified atom stereocenters. The molecule has 0 N–H and O–H groups in total. The van der Waals surface area contributed by atoms with Crippen LogP contribution in [0.4, 0.5) is 5.69 Å². The second-order valence-corrected chi connectivity index (χ2v) is 5.17. The zero-order valence-corrected chi connectivity index (χ0v) is 12.2. The normalized spacial score (nSPS) is 10.9. The van der Waals surface area contributed by atoms with E-state index < -0.39 is 0 Å². The largest absolute Gasteiger partial charge is 0.373 e. The van der Waals surface area contributed by atoms with Gasteiger partial charge in [-0.2, -0.15) is 0 Å². The van der Waals surface area contributed by atoms with Gasteiger partial charge >= 0.3 is 0 Å². The van der Waals surface area contributed by atoms with Crippen LogP contribution in [-0.4, -0.2) is 39.1 Å². The van der Waals surface area contributed by atoms with Gasteiger partial charge in [-0.25, -0.2) is 0 Å². The molecule has 1 rings (SSSR count). The van der Waals surface area contributed by atoms with E-state index >= 15 is 0 Å². The monoisotopic (exact) mass is 274 g/mol. The molecule has 2 nitrogen and oxygen atoms in total. The third-order valence-electron chi connectivity index (χ3n) is 2.68. The Kier molecular flexibility index (Phi) is 6.10.